The third-order valence-electron chi connectivity index (χ3n) is 6.42. The SMILES string of the molecule is CCCCN(CCCC)c1ccc(C=C2/C(=C3\N=C(N)N(C)C3=O)c3ccccc3S2(=O)=O)cc1. The molecule has 7 nitrogen and oxygen atoms in total. The highest BCUT2D eigenvalue weighted by Gasteiger charge is 2.41. The third kappa shape index (κ3) is 4.62. The van der Waals surface area contributed by atoms with Crippen LogP contribution in [0.5, 0.6) is 0 Å². The van der Waals surface area contributed by atoms with Crippen molar-refractivity contribution in [2.45, 2.75) is 44.4 Å². The van der Waals surface area contributed by atoms with Gasteiger partial charge < -0.3 is 10.6 Å². The van der Waals surface area contributed by atoms with E-state index in [0.717, 1.165) is 50.0 Å². The maximum absolute atomic E-state index is 13.5. The summed E-state index contributed by atoms with van der Waals surface area (Å²) in [5.41, 5.74) is 8.55. The number of anilines is 1. The number of rotatable bonds is 8. The zero-order valence-corrected chi connectivity index (χ0v) is 21.3. The Morgan fingerprint density at radius 1 is 1.00 bits per heavy atom. The zero-order valence-electron chi connectivity index (χ0n) is 20.5. The molecule has 2 aliphatic rings. The van der Waals surface area contributed by atoms with Crippen molar-refractivity contribution in [3.63, 3.8) is 0 Å². The third-order valence-corrected chi connectivity index (χ3v) is 8.25. The second-order valence-corrected chi connectivity index (χ2v) is 10.7. The molecule has 0 aliphatic carbocycles. The number of nitrogens with zero attached hydrogens (tertiary/aromatic N) is 3. The first kappa shape index (κ1) is 24.7. The molecule has 0 saturated heterocycles. The Morgan fingerprint density at radius 3 is 2.20 bits per heavy atom. The Labute approximate surface area is 207 Å². The molecule has 0 atom stereocenters. The van der Waals surface area contributed by atoms with Crippen LogP contribution in [0, 0.1) is 0 Å². The number of carbonyl (C=O) groups excluding carboxylic acids is 1. The summed E-state index contributed by atoms with van der Waals surface area (Å²) < 4.78 is 27.0. The maximum atomic E-state index is 13.5. The van der Waals surface area contributed by atoms with E-state index >= 15 is 0 Å². The van der Waals surface area contributed by atoms with Crippen molar-refractivity contribution < 1.29 is 13.2 Å². The van der Waals surface area contributed by atoms with Crippen LogP contribution < -0.4 is 10.6 Å². The largest absolute Gasteiger partial charge is 0.372 e. The van der Waals surface area contributed by atoms with Crippen molar-refractivity contribution in [1.29, 1.82) is 0 Å². The monoisotopic (exact) mass is 492 g/mol. The van der Waals surface area contributed by atoms with Crippen LogP contribution in [-0.2, 0) is 14.6 Å². The molecule has 2 heterocycles. The van der Waals surface area contributed by atoms with Crippen molar-refractivity contribution in [2.24, 2.45) is 10.7 Å². The molecule has 2 aromatic carbocycles. The Bertz CT molecular complexity index is 1320. The fourth-order valence-electron chi connectivity index (χ4n) is 4.35. The molecule has 0 fully saturated rings. The highest BCUT2D eigenvalue weighted by Crippen LogP contribution is 2.46. The Hall–Kier alpha value is -3.39. The fraction of sp³-hybridized carbons (Fsp3) is 0.333. The Morgan fingerprint density at radius 2 is 1.63 bits per heavy atom. The van der Waals surface area contributed by atoms with Gasteiger partial charge in [0.05, 0.1) is 9.80 Å². The van der Waals surface area contributed by atoms with Gasteiger partial charge in [0.2, 0.25) is 15.8 Å². The number of hydrogen-bond donors (Lipinski definition) is 1. The van der Waals surface area contributed by atoms with Crippen molar-refractivity contribution >= 4 is 39.0 Å². The number of guanidine groups is 1. The summed E-state index contributed by atoms with van der Waals surface area (Å²) in [5, 5.41) is 0. The number of likely N-dealkylation sites (N-methyl/N-ethyl adjacent to an activating group) is 1. The molecule has 184 valence electrons. The van der Waals surface area contributed by atoms with E-state index in [1.165, 1.54) is 11.9 Å². The van der Waals surface area contributed by atoms with Crippen molar-refractivity contribution in [2.75, 3.05) is 25.0 Å². The number of carbonyl (C=O) groups is 1. The predicted octanol–water partition coefficient (Wildman–Crippen LogP) is 4.42. The lowest BCUT2D eigenvalue weighted by atomic mass is 10.0. The van der Waals surface area contributed by atoms with Gasteiger partial charge in [-0.3, -0.25) is 9.69 Å². The number of hydrogen-bond acceptors (Lipinski definition) is 6. The molecule has 2 N–H and O–H groups in total. The van der Waals surface area contributed by atoms with Crippen LogP contribution in [0.1, 0.15) is 50.7 Å². The summed E-state index contributed by atoms with van der Waals surface area (Å²) in [6, 6.07) is 14.6. The zero-order chi connectivity index (χ0) is 25.2. The molecular formula is C27H32N4O3S. The average molecular weight is 493 g/mol. The number of nitrogens with two attached hydrogens (primary N) is 1. The van der Waals surface area contributed by atoms with Gasteiger partial charge in [-0.05, 0) is 42.7 Å². The number of unbranched alkanes of at least 4 members (excludes halogenated alkanes) is 2. The number of amides is 1. The number of aliphatic imine (C=N–C) groups is 1. The van der Waals surface area contributed by atoms with Crippen LogP contribution in [0.4, 0.5) is 5.69 Å². The first-order valence-corrected chi connectivity index (χ1v) is 13.6. The topological polar surface area (TPSA) is 96.1 Å². The average Bonchev–Trinajstić information content (AvgIpc) is 3.24. The summed E-state index contributed by atoms with van der Waals surface area (Å²) >= 11 is 0. The number of benzene rings is 2. The minimum atomic E-state index is -3.83. The molecule has 0 saturated carbocycles. The van der Waals surface area contributed by atoms with E-state index in [1.807, 2.05) is 24.3 Å². The molecule has 0 bridgehead atoms. The number of fused-ring (bicyclic) bond motifs is 1. The first-order valence-electron chi connectivity index (χ1n) is 12.1. The molecule has 2 aliphatic heterocycles. The van der Waals surface area contributed by atoms with E-state index in [0.29, 0.717) is 11.1 Å². The summed E-state index contributed by atoms with van der Waals surface area (Å²) in [5.74, 6) is -0.379. The van der Waals surface area contributed by atoms with E-state index in [9.17, 15) is 13.2 Å². The standard InChI is InChI=1S/C27H32N4O3S/c1-4-6-16-31(17-7-5-2)20-14-12-19(13-15-20)18-23-24(25-26(32)30(3)27(28)29-25)21-10-8-9-11-22(21)35(23,33)34/h8-15,18H,4-7,16-17H2,1-3H3,(H2,28,29)/b23-18?,25-24-. The van der Waals surface area contributed by atoms with Crippen molar-refractivity contribution in [3.8, 4) is 0 Å². The number of allylic oxidation sites excluding steroid dienone is 1. The lowest BCUT2D eigenvalue weighted by Gasteiger charge is -2.24. The van der Waals surface area contributed by atoms with E-state index in [-0.39, 0.29) is 21.5 Å². The quantitative estimate of drug-likeness (QED) is 0.551. The molecule has 2 aromatic rings. The van der Waals surface area contributed by atoms with Crippen molar-refractivity contribution in [3.05, 3.63) is 70.3 Å². The van der Waals surface area contributed by atoms with Crippen LogP contribution in [0.3, 0.4) is 0 Å². The molecule has 4 rings (SSSR count). The van der Waals surface area contributed by atoms with Gasteiger partial charge in [-0.1, -0.05) is 57.0 Å². The summed E-state index contributed by atoms with van der Waals surface area (Å²) in [4.78, 5) is 20.9. The van der Waals surface area contributed by atoms with Crippen LogP contribution >= 0.6 is 0 Å². The highest BCUT2D eigenvalue weighted by molar-refractivity contribution is 7.96. The maximum Gasteiger partial charge on any atom is 0.279 e. The molecule has 0 spiro atoms. The molecule has 1 amide bonds. The molecule has 35 heavy (non-hydrogen) atoms. The van der Waals surface area contributed by atoms with E-state index in [4.69, 9.17) is 5.73 Å². The van der Waals surface area contributed by atoms with Gasteiger partial charge >= 0.3 is 0 Å². The molecule has 0 aromatic heterocycles. The summed E-state index contributed by atoms with van der Waals surface area (Å²) in [6.07, 6.45) is 6.12. The number of sulfone groups is 1. The summed E-state index contributed by atoms with van der Waals surface area (Å²) in [6.45, 7) is 6.35. The van der Waals surface area contributed by atoms with Gasteiger partial charge in [0.25, 0.3) is 5.91 Å². The van der Waals surface area contributed by atoms with Crippen LogP contribution in [-0.4, -0.2) is 45.3 Å². The van der Waals surface area contributed by atoms with Gasteiger partial charge in [-0.2, -0.15) is 0 Å². The smallest absolute Gasteiger partial charge is 0.279 e. The fourth-order valence-corrected chi connectivity index (χ4v) is 6.07. The lowest BCUT2D eigenvalue weighted by Crippen LogP contribution is -2.33. The summed E-state index contributed by atoms with van der Waals surface area (Å²) in [7, 11) is -2.31. The first-order chi connectivity index (χ1) is 16.8. The van der Waals surface area contributed by atoms with Gasteiger partial charge in [-0.25, -0.2) is 13.4 Å². The Kier molecular flexibility index (Phi) is 7.12. The minimum absolute atomic E-state index is 0.0437. The molecule has 0 radical (unpaired) electrons. The van der Waals surface area contributed by atoms with Crippen LogP contribution in [0.2, 0.25) is 0 Å². The van der Waals surface area contributed by atoms with Gasteiger partial charge in [0.1, 0.15) is 5.70 Å². The van der Waals surface area contributed by atoms with Crippen LogP contribution in [0.15, 0.2) is 69.0 Å². The molecule has 0 unspecified atom stereocenters. The normalized spacial score (nSPS) is 19.9. The van der Waals surface area contributed by atoms with E-state index in [1.54, 1.807) is 30.3 Å². The minimum Gasteiger partial charge on any atom is -0.372 e. The lowest BCUT2D eigenvalue weighted by molar-refractivity contribution is -0.121. The van der Waals surface area contributed by atoms with E-state index < -0.39 is 15.7 Å². The molecular weight excluding hydrogens is 460 g/mol. The van der Waals surface area contributed by atoms with Gasteiger partial charge in [-0.15, -0.1) is 0 Å². The van der Waals surface area contributed by atoms with Crippen molar-refractivity contribution in [1.82, 2.24) is 4.90 Å². The van der Waals surface area contributed by atoms with Gasteiger partial charge in [0.15, 0.2) is 0 Å². The Balaban J connectivity index is 1.79. The predicted molar refractivity (Wildman–Crippen MR) is 141 cm³/mol. The van der Waals surface area contributed by atoms with E-state index in [2.05, 4.69) is 23.7 Å². The van der Waals surface area contributed by atoms with Gasteiger partial charge in [0, 0.05) is 37.0 Å². The molecule has 8 heteroatoms. The highest BCUT2D eigenvalue weighted by atomic mass is 32.2. The second-order valence-electron chi connectivity index (χ2n) is 8.85. The second kappa shape index (κ2) is 10.1. The van der Waals surface area contributed by atoms with Crippen LogP contribution in [0.25, 0.3) is 11.6 Å².